The lowest BCUT2D eigenvalue weighted by molar-refractivity contribution is -0.150. The molecule has 3 rings (SSSR count). The van der Waals surface area contributed by atoms with Crippen molar-refractivity contribution in [1.29, 1.82) is 0 Å². The third-order valence-corrected chi connectivity index (χ3v) is 5.19. The first-order valence-corrected chi connectivity index (χ1v) is 8.93. The van der Waals surface area contributed by atoms with E-state index in [1.165, 1.54) is 12.1 Å². The Hall–Kier alpha value is -1.98. The van der Waals surface area contributed by atoms with Crippen molar-refractivity contribution in [3.05, 3.63) is 35.4 Å². The molecule has 0 aromatic heterocycles. The first kappa shape index (κ1) is 17.8. The van der Waals surface area contributed by atoms with Crippen LogP contribution in [0.25, 0.3) is 0 Å². The molecule has 0 bridgehead atoms. The van der Waals surface area contributed by atoms with Crippen LogP contribution in [0.3, 0.4) is 0 Å². The van der Waals surface area contributed by atoms with Crippen LogP contribution in [-0.2, 0) is 14.3 Å². The second kappa shape index (κ2) is 7.50. The second-order valence-corrected chi connectivity index (χ2v) is 6.85. The van der Waals surface area contributed by atoms with Crippen molar-refractivity contribution in [2.45, 2.75) is 51.0 Å². The molecule has 1 aromatic carbocycles. The topological polar surface area (TPSA) is 55.4 Å². The van der Waals surface area contributed by atoms with E-state index in [-0.39, 0.29) is 41.2 Å². The molecule has 2 fully saturated rings. The number of esters is 1. The van der Waals surface area contributed by atoms with E-state index in [0.29, 0.717) is 19.4 Å². The van der Waals surface area contributed by atoms with E-state index in [1.807, 2.05) is 0 Å². The number of amides is 1. The van der Waals surface area contributed by atoms with Gasteiger partial charge in [0.25, 0.3) is 0 Å². The third kappa shape index (κ3) is 3.83. The van der Waals surface area contributed by atoms with Crippen LogP contribution in [0, 0.1) is 23.5 Å². The molecule has 25 heavy (non-hydrogen) atoms. The van der Waals surface area contributed by atoms with Crippen LogP contribution >= 0.6 is 0 Å². The number of nitrogens with one attached hydrogen (secondary N) is 1. The van der Waals surface area contributed by atoms with E-state index in [9.17, 15) is 18.4 Å². The molecule has 1 aromatic rings. The number of ether oxygens (including phenoxy) is 1. The lowest BCUT2D eigenvalue weighted by atomic mass is 9.84. The van der Waals surface area contributed by atoms with Crippen LogP contribution in [0.15, 0.2) is 18.2 Å². The van der Waals surface area contributed by atoms with E-state index in [4.69, 9.17) is 4.74 Å². The number of carbonyl (C=O) groups is 2. The minimum absolute atomic E-state index is 0.185. The predicted octanol–water partition coefficient (Wildman–Crippen LogP) is 3.31. The maximum Gasteiger partial charge on any atom is 0.311 e. The zero-order valence-electron chi connectivity index (χ0n) is 14.3. The summed E-state index contributed by atoms with van der Waals surface area (Å²) in [6, 6.07) is 3.82. The molecule has 2 aliphatic carbocycles. The molecule has 2 saturated carbocycles. The smallest absolute Gasteiger partial charge is 0.311 e. The van der Waals surface area contributed by atoms with Gasteiger partial charge in [-0.3, -0.25) is 9.59 Å². The maximum atomic E-state index is 13.9. The Bertz CT molecular complexity index is 664. The van der Waals surface area contributed by atoms with Crippen LogP contribution in [0.2, 0.25) is 0 Å². The Labute approximate surface area is 145 Å². The summed E-state index contributed by atoms with van der Waals surface area (Å²) in [6.07, 6.45) is 3.84. The molecular formula is C19H23F2NO3. The average Bonchev–Trinajstić information content (AvgIpc) is 3.38. The molecule has 6 heteroatoms. The molecule has 2 aliphatic rings. The summed E-state index contributed by atoms with van der Waals surface area (Å²) in [5, 5.41) is 2.95. The molecule has 4 atom stereocenters. The third-order valence-electron chi connectivity index (χ3n) is 5.19. The molecule has 1 N–H and O–H groups in total. The van der Waals surface area contributed by atoms with Gasteiger partial charge in [-0.05, 0) is 43.7 Å². The highest BCUT2D eigenvalue weighted by molar-refractivity contribution is 5.84. The minimum Gasteiger partial charge on any atom is -0.466 e. The van der Waals surface area contributed by atoms with Crippen molar-refractivity contribution in [3.8, 4) is 0 Å². The highest BCUT2D eigenvalue weighted by atomic mass is 19.2. The van der Waals surface area contributed by atoms with Crippen molar-refractivity contribution in [3.63, 3.8) is 0 Å². The predicted molar refractivity (Wildman–Crippen MR) is 87.7 cm³/mol. The van der Waals surface area contributed by atoms with Gasteiger partial charge in [-0.2, -0.15) is 0 Å². The molecule has 0 radical (unpaired) electrons. The Morgan fingerprint density at radius 1 is 1.20 bits per heavy atom. The summed E-state index contributed by atoms with van der Waals surface area (Å²) in [6.45, 7) is 2.08. The van der Waals surface area contributed by atoms with Gasteiger partial charge in [-0.1, -0.05) is 25.0 Å². The summed E-state index contributed by atoms with van der Waals surface area (Å²) in [7, 11) is 0. The van der Waals surface area contributed by atoms with Gasteiger partial charge in [0.1, 0.15) is 0 Å². The molecule has 1 amide bonds. The van der Waals surface area contributed by atoms with Crippen LogP contribution in [0.1, 0.15) is 50.5 Å². The molecule has 0 unspecified atom stereocenters. The highest BCUT2D eigenvalue weighted by Crippen LogP contribution is 2.48. The van der Waals surface area contributed by atoms with E-state index in [1.54, 1.807) is 6.92 Å². The molecule has 0 spiro atoms. The van der Waals surface area contributed by atoms with Crippen LogP contribution in [0.4, 0.5) is 8.78 Å². The summed E-state index contributed by atoms with van der Waals surface area (Å²) in [5.74, 6) is -3.18. The first-order valence-electron chi connectivity index (χ1n) is 8.93. The lowest BCUT2D eigenvalue weighted by Gasteiger charge is -2.30. The largest absolute Gasteiger partial charge is 0.466 e. The number of halogens is 2. The second-order valence-electron chi connectivity index (χ2n) is 6.85. The number of hydrogen-bond donors (Lipinski definition) is 1. The van der Waals surface area contributed by atoms with Crippen molar-refractivity contribution < 1.29 is 23.1 Å². The van der Waals surface area contributed by atoms with Crippen molar-refractivity contribution in [2.24, 2.45) is 11.8 Å². The molecule has 0 aliphatic heterocycles. The monoisotopic (exact) mass is 351 g/mol. The zero-order valence-corrected chi connectivity index (χ0v) is 14.3. The van der Waals surface area contributed by atoms with Crippen molar-refractivity contribution >= 4 is 11.9 Å². The summed E-state index contributed by atoms with van der Waals surface area (Å²) >= 11 is 0. The van der Waals surface area contributed by atoms with E-state index in [0.717, 1.165) is 25.3 Å². The van der Waals surface area contributed by atoms with Crippen molar-refractivity contribution in [1.82, 2.24) is 5.32 Å². The average molecular weight is 351 g/mol. The Morgan fingerprint density at radius 3 is 2.72 bits per heavy atom. The van der Waals surface area contributed by atoms with Crippen molar-refractivity contribution in [2.75, 3.05) is 6.61 Å². The zero-order chi connectivity index (χ0) is 18.0. The Kier molecular flexibility index (Phi) is 5.35. The van der Waals surface area contributed by atoms with Crippen LogP contribution in [0.5, 0.6) is 0 Å². The van der Waals surface area contributed by atoms with E-state index < -0.39 is 11.6 Å². The summed E-state index contributed by atoms with van der Waals surface area (Å²) in [4.78, 5) is 24.6. The van der Waals surface area contributed by atoms with Gasteiger partial charge in [-0.15, -0.1) is 0 Å². The van der Waals surface area contributed by atoms with E-state index in [2.05, 4.69) is 5.32 Å². The Morgan fingerprint density at radius 2 is 1.96 bits per heavy atom. The highest BCUT2D eigenvalue weighted by Gasteiger charge is 2.47. The number of benzene rings is 1. The first-order chi connectivity index (χ1) is 12.0. The minimum atomic E-state index is -0.891. The number of hydrogen-bond acceptors (Lipinski definition) is 3. The Balaban J connectivity index is 1.62. The van der Waals surface area contributed by atoms with Gasteiger partial charge in [0.15, 0.2) is 11.6 Å². The molecule has 0 heterocycles. The molecule has 0 saturated heterocycles. The molecular weight excluding hydrogens is 328 g/mol. The fraction of sp³-hybridized carbons (Fsp3) is 0.579. The molecule has 4 nitrogen and oxygen atoms in total. The maximum absolute atomic E-state index is 13.9. The fourth-order valence-corrected chi connectivity index (χ4v) is 3.76. The van der Waals surface area contributed by atoms with E-state index >= 15 is 0 Å². The van der Waals surface area contributed by atoms with Gasteiger partial charge >= 0.3 is 5.97 Å². The quantitative estimate of drug-likeness (QED) is 0.828. The summed E-state index contributed by atoms with van der Waals surface area (Å²) < 4.78 is 32.3. The van der Waals surface area contributed by atoms with Gasteiger partial charge in [0.2, 0.25) is 5.91 Å². The fourth-order valence-electron chi connectivity index (χ4n) is 3.76. The molecule has 136 valence electrons. The normalized spacial score (nSPS) is 28.3. The van der Waals surface area contributed by atoms with Crippen LogP contribution in [-0.4, -0.2) is 24.5 Å². The number of rotatable bonds is 5. The lowest BCUT2D eigenvalue weighted by Crippen LogP contribution is -2.46. The van der Waals surface area contributed by atoms with Gasteiger partial charge < -0.3 is 10.1 Å². The number of carbonyl (C=O) groups excluding carboxylic acids is 2. The van der Waals surface area contributed by atoms with Gasteiger partial charge in [0, 0.05) is 12.0 Å². The standard InChI is InChI=1S/C19H23F2NO3/c1-2-25-19(24)12-6-3-4-9-16(12)22-18(23)14-10-13(14)11-7-5-8-15(20)17(11)21/h5,7-8,12-14,16H,2-4,6,9-10H2,1H3,(H,22,23)/t12-,13-,14+,16+/m0/s1. The van der Waals surface area contributed by atoms with Gasteiger partial charge in [0.05, 0.1) is 12.5 Å². The van der Waals surface area contributed by atoms with Gasteiger partial charge in [-0.25, -0.2) is 8.78 Å². The summed E-state index contributed by atoms with van der Waals surface area (Å²) in [5.41, 5.74) is 0.255. The van der Waals surface area contributed by atoms with Crippen LogP contribution < -0.4 is 5.32 Å². The SMILES string of the molecule is CCOC(=O)[C@H]1CCCC[C@H]1NC(=O)[C@@H]1C[C@H]1c1cccc(F)c1F.